The number of nitrogen functional groups attached to an aromatic ring is 1. The number of carbonyl (C=O) groups is 1. The van der Waals surface area contributed by atoms with Crippen LogP contribution in [0.2, 0.25) is 0 Å². The largest absolute Gasteiger partial charge is 0.399 e. The van der Waals surface area contributed by atoms with Gasteiger partial charge in [-0.1, -0.05) is 12.1 Å². The van der Waals surface area contributed by atoms with Gasteiger partial charge in [0, 0.05) is 17.0 Å². The first-order chi connectivity index (χ1) is 9.46. The summed E-state index contributed by atoms with van der Waals surface area (Å²) >= 11 is 0. The average Bonchev–Trinajstić information content (AvgIpc) is 2.56. The SMILES string of the molecule is CC1(C)CC(C(=O)C(C)(C)c2ccc(N)cc2)C(C)(C)O1. The zero-order valence-corrected chi connectivity index (χ0v) is 14.0. The standard InChI is InChI=1S/C18H27NO2/c1-16(2)11-14(18(5,6)21-16)15(20)17(3,4)12-7-9-13(19)10-8-12/h7-10,14H,11,19H2,1-6H3. The van der Waals surface area contributed by atoms with Crippen LogP contribution < -0.4 is 5.73 Å². The molecule has 0 aliphatic carbocycles. The minimum Gasteiger partial charge on any atom is -0.399 e. The molecule has 0 aromatic heterocycles. The van der Waals surface area contributed by atoms with Crippen LogP contribution in [0.5, 0.6) is 0 Å². The Morgan fingerprint density at radius 3 is 2.14 bits per heavy atom. The number of hydrogen-bond donors (Lipinski definition) is 1. The normalized spacial score (nSPS) is 24.0. The molecule has 1 fully saturated rings. The minimum absolute atomic E-state index is 0.0972. The smallest absolute Gasteiger partial charge is 0.148 e. The Labute approximate surface area is 127 Å². The van der Waals surface area contributed by atoms with Gasteiger partial charge in [-0.2, -0.15) is 0 Å². The second-order valence-corrected chi connectivity index (χ2v) is 7.83. The van der Waals surface area contributed by atoms with Crippen LogP contribution in [0.25, 0.3) is 0 Å². The van der Waals surface area contributed by atoms with Gasteiger partial charge in [-0.15, -0.1) is 0 Å². The molecular weight excluding hydrogens is 262 g/mol. The van der Waals surface area contributed by atoms with E-state index in [1.807, 2.05) is 52.0 Å². The molecule has 2 N–H and O–H groups in total. The monoisotopic (exact) mass is 289 g/mol. The number of Topliss-reactive ketones (excluding diaryl/α,β-unsaturated/α-hetero) is 1. The first kappa shape index (κ1) is 16.0. The van der Waals surface area contributed by atoms with E-state index in [0.29, 0.717) is 5.69 Å². The molecule has 1 aliphatic heterocycles. The Morgan fingerprint density at radius 1 is 1.19 bits per heavy atom. The van der Waals surface area contributed by atoms with Crippen LogP contribution in [-0.2, 0) is 14.9 Å². The van der Waals surface area contributed by atoms with E-state index < -0.39 is 11.0 Å². The van der Waals surface area contributed by atoms with E-state index in [9.17, 15) is 4.79 Å². The van der Waals surface area contributed by atoms with Crippen LogP contribution in [0.1, 0.15) is 53.5 Å². The van der Waals surface area contributed by atoms with Crippen LogP contribution in [0.15, 0.2) is 24.3 Å². The van der Waals surface area contributed by atoms with Crippen molar-refractivity contribution in [1.82, 2.24) is 0 Å². The molecule has 1 aliphatic rings. The second-order valence-electron chi connectivity index (χ2n) is 7.83. The van der Waals surface area contributed by atoms with Gasteiger partial charge in [0.1, 0.15) is 5.78 Å². The van der Waals surface area contributed by atoms with E-state index in [-0.39, 0.29) is 17.3 Å². The topological polar surface area (TPSA) is 52.3 Å². The third-order valence-electron chi connectivity index (χ3n) is 4.64. The fourth-order valence-corrected chi connectivity index (χ4v) is 3.45. The molecular formula is C18H27NO2. The predicted octanol–water partition coefficient (Wildman–Crippen LogP) is 3.71. The lowest BCUT2D eigenvalue weighted by molar-refractivity contribution is -0.134. The van der Waals surface area contributed by atoms with Crippen molar-refractivity contribution in [2.24, 2.45) is 5.92 Å². The Kier molecular flexibility index (Phi) is 3.69. The van der Waals surface area contributed by atoms with E-state index in [2.05, 4.69) is 13.8 Å². The van der Waals surface area contributed by atoms with Gasteiger partial charge in [-0.25, -0.2) is 0 Å². The van der Waals surface area contributed by atoms with Crippen molar-refractivity contribution in [3.8, 4) is 0 Å². The molecule has 0 saturated carbocycles. The van der Waals surface area contributed by atoms with Gasteiger partial charge >= 0.3 is 0 Å². The molecule has 1 atom stereocenters. The average molecular weight is 289 g/mol. The molecule has 1 unspecified atom stereocenters. The van der Waals surface area contributed by atoms with E-state index in [1.54, 1.807) is 0 Å². The third-order valence-corrected chi connectivity index (χ3v) is 4.64. The molecule has 0 spiro atoms. The Hall–Kier alpha value is -1.35. The van der Waals surface area contributed by atoms with Gasteiger partial charge in [0.05, 0.1) is 11.2 Å². The zero-order chi connectivity index (χ0) is 16.1. The molecule has 3 heteroatoms. The summed E-state index contributed by atoms with van der Waals surface area (Å²) in [7, 11) is 0. The van der Waals surface area contributed by atoms with Gasteiger partial charge in [0.15, 0.2) is 0 Å². The van der Waals surface area contributed by atoms with Crippen molar-refractivity contribution in [1.29, 1.82) is 0 Å². The van der Waals surface area contributed by atoms with Crippen molar-refractivity contribution >= 4 is 11.5 Å². The highest BCUT2D eigenvalue weighted by Crippen LogP contribution is 2.45. The molecule has 2 rings (SSSR count). The summed E-state index contributed by atoms with van der Waals surface area (Å²) < 4.78 is 6.08. The van der Waals surface area contributed by atoms with E-state index >= 15 is 0 Å². The van der Waals surface area contributed by atoms with Crippen LogP contribution in [0.4, 0.5) is 5.69 Å². The van der Waals surface area contributed by atoms with E-state index in [4.69, 9.17) is 10.5 Å². The number of anilines is 1. The summed E-state index contributed by atoms with van der Waals surface area (Å²) in [6.45, 7) is 12.1. The van der Waals surface area contributed by atoms with Crippen molar-refractivity contribution in [3.05, 3.63) is 29.8 Å². The molecule has 1 aromatic rings. The van der Waals surface area contributed by atoms with E-state index in [1.165, 1.54) is 0 Å². The maximum absolute atomic E-state index is 13.1. The lowest BCUT2D eigenvalue weighted by Crippen LogP contribution is -2.42. The van der Waals surface area contributed by atoms with Gasteiger partial charge in [0.2, 0.25) is 0 Å². The van der Waals surface area contributed by atoms with Crippen LogP contribution in [-0.4, -0.2) is 17.0 Å². The van der Waals surface area contributed by atoms with Gasteiger partial charge in [-0.3, -0.25) is 4.79 Å². The van der Waals surface area contributed by atoms with Crippen molar-refractivity contribution in [2.45, 2.75) is 64.6 Å². The summed E-state index contributed by atoms with van der Waals surface area (Å²) in [5.41, 5.74) is 6.24. The van der Waals surface area contributed by atoms with Gasteiger partial charge in [-0.05, 0) is 65.7 Å². The zero-order valence-electron chi connectivity index (χ0n) is 14.0. The fourth-order valence-electron chi connectivity index (χ4n) is 3.45. The maximum Gasteiger partial charge on any atom is 0.148 e. The minimum atomic E-state index is -0.542. The number of nitrogens with two attached hydrogens (primary N) is 1. The maximum atomic E-state index is 13.1. The first-order valence-corrected chi connectivity index (χ1v) is 7.56. The molecule has 0 bridgehead atoms. The van der Waals surface area contributed by atoms with Gasteiger partial charge in [0.25, 0.3) is 0 Å². The molecule has 3 nitrogen and oxygen atoms in total. The van der Waals surface area contributed by atoms with Gasteiger partial charge < -0.3 is 10.5 Å². The number of ketones is 1. The molecule has 1 heterocycles. The van der Waals surface area contributed by atoms with E-state index in [0.717, 1.165) is 12.0 Å². The molecule has 1 saturated heterocycles. The third kappa shape index (κ3) is 2.98. The summed E-state index contributed by atoms with van der Waals surface area (Å²) in [6.07, 6.45) is 0.761. The number of carbonyl (C=O) groups excluding carboxylic acids is 1. The molecule has 116 valence electrons. The highest BCUT2D eigenvalue weighted by molar-refractivity contribution is 5.92. The van der Waals surface area contributed by atoms with Crippen molar-refractivity contribution < 1.29 is 9.53 Å². The highest BCUT2D eigenvalue weighted by atomic mass is 16.5. The quantitative estimate of drug-likeness (QED) is 0.863. The number of benzene rings is 1. The Morgan fingerprint density at radius 2 is 1.71 bits per heavy atom. The Balaban J connectivity index is 2.32. The van der Waals surface area contributed by atoms with Crippen molar-refractivity contribution in [3.63, 3.8) is 0 Å². The lowest BCUT2D eigenvalue weighted by Gasteiger charge is -2.32. The summed E-state index contributed by atoms with van der Waals surface area (Å²) in [5.74, 6) is 0.142. The summed E-state index contributed by atoms with van der Waals surface area (Å²) in [5, 5.41) is 0. The fraction of sp³-hybridized carbons (Fsp3) is 0.611. The number of hydrogen-bond acceptors (Lipinski definition) is 3. The molecule has 0 amide bonds. The number of rotatable bonds is 3. The van der Waals surface area contributed by atoms with Crippen molar-refractivity contribution in [2.75, 3.05) is 5.73 Å². The number of ether oxygens (including phenoxy) is 1. The molecule has 0 radical (unpaired) electrons. The highest BCUT2D eigenvalue weighted by Gasteiger charge is 2.52. The Bertz CT molecular complexity index is 541. The first-order valence-electron chi connectivity index (χ1n) is 7.56. The lowest BCUT2D eigenvalue weighted by atomic mass is 9.70. The van der Waals surface area contributed by atoms with Crippen LogP contribution in [0, 0.1) is 5.92 Å². The van der Waals surface area contributed by atoms with Crippen LogP contribution in [0.3, 0.4) is 0 Å². The molecule has 1 aromatic carbocycles. The molecule has 21 heavy (non-hydrogen) atoms. The second kappa shape index (κ2) is 4.84. The summed E-state index contributed by atoms with van der Waals surface area (Å²) in [4.78, 5) is 13.1. The predicted molar refractivity (Wildman–Crippen MR) is 86.2 cm³/mol. The summed E-state index contributed by atoms with van der Waals surface area (Å²) in [6, 6.07) is 7.59. The van der Waals surface area contributed by atoms with Crippen LogP contribution >= 0.6 is 0 Å².